The van der Waals surface area contributed by atoms with Crippen LogP contribution in [0.3, 0.4) is 0 Å². The number of nitrogens with zero attached hydrogens (tertiary/aromatic N) is 2. The Morgan fingerprint density at radius 1 is 1.44 bits per heavy atom. The van der Waals surface area contributed by atoms with Gasteiger partial charge in [0.25, 0.3) is 0 Å². The second-order valence-electron chi connectivity index (χ2n) is 4.46. The van der Waals surface area contributed by atoms with Crippen molar-refractivity contribution in [2.45, 2.75) is 39.0 Å². The van der Waals surface area contributed by atoms with Gasteiger partial charge in [0.1, 0.15) is 5.41 Å². The topological polar surface area (TPSA) is 74.5 Å². The van der Waals surface area contributed by atoms with Gasteiger partial charge in [-0.15, -0.1) is 0 Å². The van der Waals surface area contributed by atoms with Crippen LogP contribution in [0.2, 0.25) is 0 Å². The number of esters is 1. The third-order valence-corrected chi connectivity index (χ3v) is 2.54. The first-order valence-electron chi connectivity index (χ1n) is 6.01. The second-order valence-corrected chi connectivity index (χ2v) is 4.46. The van der Waals surface area contributed by atoms with Crippen molar-refractivity contribution in [1.82, 2.24) is 10.1 Å². The van der Waals surface area contributed by atoms with Crippen molar-refractivity contribution in [3.63, 3.8) is 0 Å². The highest BCUT2D eigenvalue weighted by Crippen LogP contribution is 2.23. The quantitative estimate of drug-likeness (QED) is 0.543. The summed E-state index contributed by atoms with van der Waals surface area (Å²) < 4.78 is 15.1. The first-order chi connectivity index (χ1) is 8.52. The minimum atomic E-state index is -0.914. The van der Waals surface area contributed by atoms with E-state index in [1.54, 1.807) is 27.9 Å². The Kier molecular flexibility index (Phi) is 5.27. The Morgan fingerprint density at radius 3 is 2.78 bits per heavy atom. The van der Waals surface area contributed by atoms with Crippen LogP contribution in [-0.4, -0.2) is 36.4 Å². The van der Waals surface area contributed by atoms with E-state index >= 15 is 0 Å². The molecule has 102 valence electrons. The van der Waals surface area contributed by atoms with Gasteiger partial charge in [-0.2, -0.15) is 4.98 Å². The zero-order chi connectivity index (χ0) is 13.6. The largest absolute Gasteiger partial charge is 0.465 e. The molecule has 1 heterocycles. The number of ether oxygens (including phenoxy) is 2. The Hall–Kier alpha value is -1.43. The molecule has 6 heteroatoms. The highest BCUT2D eigenvalue weighted by molar-refractivity contribution is 5.80. The summed E-state index contributed by atoms with van der Waals surface area (Å²) in [5.74, 6) is 0.505. The van der Waals surface area contributed by atoms with Crippen molar-refractivity contribution in [3.05, 3.63) is 11.7 Å². The molecule has 0 unspecified atom stereocenters. The molecule has 0 aromatic carbocycles. The fourth-order valence-corrected chi connectivity index (χ4v) is 1.38. The Bertz CT molecular complexity index is 387. The predicted octanol–water partition coefficient (Wildman–Crippen LogP) is 1.49. The lowest BCUT2D eigenvalue weighted by atomic mass is 9.94. The van der Waals surface area contributed by atoms with E-state index in [0.717, 1.165) is 6.42 Å². The molecule has 0 atom stereocenters. The van der Waals surface area contributed by atoms with Gasteiger partial charge in [0.15, 0.2) is 5.82 Å². The predicted molar refractivity (Wildman–Crippen MR) is 64.2 cm³/mol. The summed E-state index contributed by atoms with van der Waals surface area (Å²) in [4.78, 5) is 16.0. The molecule has 0 bridgehead atoms. The molecule has 6 nitrogen and oxygen atoms in total. The van der Waals surface area contributed by atoms with Crippen LogP contribution in [-0.2, 0) is 26.1 Å². The third-order valence-electron chi connectivity index (χ3n) is 2.54. The second kappa shape index (κ2) is 6.49. The lowest BCUT2D eigenvalue weighted by Gasteiger charge is -2.16. The molecule has 18 heavy (non-hydrogen) atoms. The van der Waals surface area contributed by atoms with Gasteiger partial charge in [-0.25, -0.2) is 0 Å². The van der Waals surface area contributed by atoms with Crippen LogP contribution >= 0.6 is 0 Å². The smallest absolute Gasteiger partial charge is 0.321 e. The van der Waals surface area contributed by atoms with Gasteiger partial charge < -0.3 is 14.0 Å². The van der Waals surface area contributed by atoms with E-state index in [4.69, 9.17) is 14.0 Å². The summed E-state index contributed by atoms with van der Waals surface area (Å²) in [6.45, 7) is 6.15. The number of aryl methyl sites for hydroxylation is 1. The highest BCUT2D eigenvalue weighted by atomic mass is 16.5. The standard InChI is InChI=1S/C12H20N2O4/c1-5-17-11(15)12(2,3)10-13-9(14-18-10)7-6-8-16-4/h5-8H2,1-4H3. The van der Waals surface area contributed by atoms with Crippen molar-refractivity contribution < 1.29 is 18.8 Å². The van der Waals surface area contributed by atoms with Gasteiger partial charge in [-0.3, -0.25) is 4.79 Å². The molecule has 0 radical (unpaired) electrons. The molecule has 1 aromatic heterocycles. The van der Waals surface area contributed by atoms with Crippen molar-refractivity contribution >= 4 is 5.97 Å². The monoisotopic (exact) mass is 256 g/mol. The maximum Gasteiger partial charge on any atom is 0.321 e. The van der Waals surface area contributed by atoms with Crippen LogP contribution in [0.4, 0.5) is 0 Å². The van der Waals surface area contributed by atoms with Crippen molar-refractivity contribution in [2.24, 2.45) is 0 Å². The highest BCUT2D eigenvalue weighted by Gasteiger charge is 2.37. The molecule has 0 aliphatic carbocycles. The summed E-state index contributed by atoms with van der Waals surface area (Å²) in [6, 6.07) is 0. The van der Waals surface area contributed by atoms with Gasteiger partial charge in [-0.1, -0.05) is 5.16 Å². The molecule has 0 saturated carbocycles. The first-order valence-corrected chi connectivity index (χ1v) is 6.01. The number of carbonyl (C=O) groups excluding carboxylic acids is 1. The number of aromatic nitrogens is 2. The van der Waals surface area contributed by atoms with E-state index < -0.39 is 5.41 Å². The average molecular weight is 256 g/mol. The Balaban J connectivity index is 2.68. The minimum Gasteiger partial charge on any atom is -0.465 e. The molecule has 0 amide bonds. The van der Waals surface area contributed by atoms with Gasteiger partial charge in [0.05, 0.1) is 6.61 Å². The third kappa shape index (κ3) is 3.53. The van der Waals surface area contributed by atoms with Gasteiger partial charge in [0.2, 0.25) is 5.89 Å². The minimum absolute atomic E-state index is 0.286. The molecule has 0 N–H and O–H groups in total. The van der Waals surface area contributed by atoms with E-state index in [2.05, 4.69) is 10.1 Å². The molecule has 0 aliphatic rings. The molecular weight excluding hydrogens is 236 g/mol. The molecule has 0 aliphatic heterocycles. The van der Waals surface area contributed by atoms with E-state index in [-0.39, 0.29) is 11.9 Å². The Labute approximate surface area is 107 Å². The maximum atomic E-state index is 11.8. The van der Waals surface area contributed by atoms with Crippen molar-refractivity contribution in [2.75, 3.05) is 20.3 Å². The molecule has 0 spiro atoms. The fourth-order valence-electron chi connectivity index (χ4n) is 1.38. The normalized spacial score (nSPS) is 11.6. The molecule has 1 aromatic rings. The van der Waals surface area contributed by atoms with Crippen molar-refractivity contribution in [1.29, 1.82) is 0 Å². The number of rotatable bonds is 7. The average Bonchev–Trinajstić information content (AvgIpc) is 2.79. The lowest BCUT2D eigenvalue weighted by Crippen LogP contribution is -2.31. The Morgan fingerprint density at radius 2 is 2.17 bits per heavy atom. The van der Waals surface area contributed by atoms with Gasteiger partial charge in [-0.05, 0) is 27.2 Å². The van der Waals surface area contributed by atoms with Crippen LogP contribution in [0.5, 0.6) is 0 Å². The SMILES string of the molecule is CCOC(=O)C(C)(C)c1nc(CCCOC)no1. The van der Waals surface area contributed by atoms with Gasteiger partial charge in [0, 0.05) is 20.1 Å². The molecule has 1 rings (SSSR count). The van der Waals surface area contributed by atoms with E-state index in [9.17, 15) is 4.79 Å². The zero-order valence-electron chi connectivity index (χ0n) is 11.4. The summed E-state index contributed by atoms with van der Waals surface area (Å²) in [7, 11) is 1.64. The maximum absolute atomic E-state index is 11.8. The summed E-state index contributed by atoms with van der Waals surface area (Å²) in [6.07, 6.45) is 1.48. The number of carbonyl (C=O) groups is 1. The summed E-state index contributed by atoms with van der Waals surface area (Å²) in [5.41, 5.74) is -0.914. The number of hydrogen-bond acceptors (Lipinski definition) is 6. The number of methoxy groups -OCH3 is 1. The van der Waals surface area contributed by atoms with Crippen molar-refractivity contribution in [3.8, 4) is 0 Å². The van der Waals surface area contributed by atoms with Crippen LogP contribution in [0, 0.1) is 0 Å². The van der Waals surface area contributed by atoms with E-state index in [1.165, 1.54) is 0 Å². The van der Waals surface area contributed by atoms with Crippen LogP contribution < -0.4 is 0 Å². The van der Waals surface area contributed by atoms with Crippen LogP contribution in [0.15, 0.2) is 4.52 Å². The van der Waals surface area contributed by atoms with E-state index in [1.807, 2.05) is 0 Å². The summed E-state index contributed by atoms with van der Waals surface area (Å²) >= 11 is 0. The molecule has 0 fully saturated rings. The van der Waals surface area contributed by atoms with Crippen LogP contribution in [0.25, 0.3) is 0 Å². The van der Waals surface area contributed by atoms with Gasteiger partial charge >= 0.3 is 5.97 Å². The summed E-state index contributed by atoms with van der Waals surface area (Å²) in [5, 5.41) is 3.85. The lowest BCUT2D eigenvalue weighted by molar-refractivity contribution is -0.149. The fraction of sp³-hybridized carbons (Fsp3) is 0.750. The van der Waals surface area contributed by atoms with E-state index in [0.29, 0.717) is 25.5 Å². The zero-order valence-corrected chi connectivity index (χ0v) is 11.4. The number of hydrogen-bond donors (Lipinski definition) is 0. The molecular formula is C12H20N2O4. The molecule has 0 saturated heterocycles. The van der Waals surface area contributed by atoms with Crippen LogP contribution in [0.1, 0.15) is 38.9 Å². The first kappa shape index (κ1) is 14.6.